The monoisotopic (exact) mass is 240 g/mol. The lowest BCUT2D eigenvalue weighted by molar-refractivity contribution is -0.148. The summed E-state index contributed by atoms with van der Waals surface area (Å²) in [6, 6.07) is -0.306. The van der Waals surface area contributed by atoms with Crippen LogP contribution < -0.4 is 10.6 Å². The van der Waals surface area contributed by atoms with Gasteiger partial charge in [0, 0.05) is 13.1 Å². The smallest absolute Gasteiger partial charge is 0.314 e. The molecule has 2 amide bonds. The number of hydrogen-bond donors (Lipinski definition) is 3. The summed E-state index contributed by atoms with van der Waals surface area (Å²) in [7, 11) is 0. The van der Waals surface area contributed by atoms with Gasteiger partial charge in [0.15, 0.2) is 0 Å². The van der Waals surface area contributed by atoms with E-state index in [-0.39, 0.29) is 12.6 Å². The van der Waals surface area contributed by atoms with Gasteiger partial charge >= 0.3 is 12.0 Å². The summed E-state index contributed by atoms with van der Waals surface area (Å²) in [6.45, 7) is 4.29. The summed E-state index contributed by atoms with van der Waals surface area (Å²) in [4.78, 5) is 22.6. The molecule has 5 heteroatoms. The number of hydrogen-bond acceptors (Lipinski definition) is 2. The molecule has 5 nitrogen and oxygen atoms in total. The molecule has 1 fully saturated rings. The first-order valence-electron chi connectivity index (χ1n) is 5.97. The lowest BCUT2D eigenvalue weighted by Gasteiger charge is -2.23. The SMILES string of the molecule is C=CCCNC(=O)NCC1(C(=O)O)CCCC1. The molecule has 0 atom stereocenters. The minimum absolute atomic E-state index is 0.211. The summed E-state index contributed by atoms with van der Waals surface area (Å²) in [5.41, 5.74) is -0.754. The third-order valence-corrected chi connectivity index (χ3v) is 3.24. The van der Waals surface area contributed by atoms with E-state index in [2.05, 4.69) is 17.2 Å². The van der Waals surface area contributed by atoms with Crippen LogP contribution in [0.4, 0.5) is 4.79 Å². The largest absolute Gasteiger partial charge is 0.481 e. The quantitative estimate of drug-likeness (QED) is 0.486. The Morgan fingerprint density at radius 3 is 2.47 bits per heavy atom. The molecule has 0 aromatic heterocycles. The fourth-order valence-electron chi connectivity index (χ4n) is 2.12. The van der Waals surface area contributed by atoms with Crippen LogP contribution in [0.2, 0.25) is 0 Å². The van der Waals surface area contributed by atoms with Crippen molar-refractivity contribution in [2.75, 3.05) is 13.1 Å². The highest BCUT2D eigenvalue weighted by Crippen LogP contribution is 2.37. The van der Waals surface area contributed by atoms with Gasteiger partial charge in [-0.2, -0.15) is 0 Å². The Hall–Kier alpha value is -1.52. The van der Waals surface area contributed by atoms with Crippen LogP contribution in [0.1, 0.15) is 32.1 Å². The molecule has 0 aliphatic heterocycles. The van der Waals surface area contributed by atoms with Crippen molar-refractivity contribution in [3.05, 3.63) is 12.7 Å². The van der Waals surface area contributed by atoms with E-state index < -0.39 is 11.4 Å². The highest BCUT2D eigenvalue weighted by atomic mass is 16.4. The maximum atomic E-state index is 11.4. The molecule has 0 bridgehead atoms. The number of rotatable bonds is 6. The minimum atomic E-state index is -0.804. The summed E-state index contributed by atoms with van der Waals surface area (Å²) in [6.07, 6.45) is 5.57. The molecular weight excluding hydrogens is 220 g/mol. The van der Waals surface area contributed by atoms with Gasteiger partial charge in [0.2, 0.25) is 0 Å². The van der Waals surface area contributed by atoms with Crippen molar-refractivity contribution in [2.45, 2.75) is 32.1 Å². The number of carbonyl (C=O) groups is 2. The predicted octanol–water partition coefficient (Wildman–Crippen LogP) is 1.51. The maximum Gasteiger partial charge on any atom is 0.314 e. The lowest BCUT2D eigenvalue weighted by atomic mass is 9.86. The van der Waals surface area contributed by atoms with Gasteiger partial charge in [-0.05, 0) is 19.3 Å². The third-order valence-electron chi connectivity index (χ3n) is 3.24. The second kappa shape index (κ2) is 6.27. The van der Waals surface area contributed by atoms with Gasteiger partial charge in [0.1, 0.15) is 0 Å². The zero-order valence-corrected chi connectivity index (χ0v) is 10.00. The molecule has 1 saturated carbocycles. The van der Waals surface area contributed by atoms with Gasteiger partial charge in [-0.3, -0.25) is 4.79 Å². The number of nitrogens with one attached hydrogen (secondary N) is 2. The van der Waals surface area contributed by atoms with Crippen molar-refractivity contribution in [1.82, 2.24) is 10.6 Å². The van der Waals surface area contributed by atoms with Crippen LogP contribution in [0, 0.1) is 5.41 Å². The fraction of sp³-hybridized carbons (Fsp3) is 0.667. The number of aliphatic carboxylic acids is 1. The lowest BCUT2D eigenvalue weighted by Crippen LogP contribution is -2.45. The molecule has 0 heterocycles. The van der Waals surface area contributed by atoms with Crippen LogP contribution in [0.5, 0.6) is 0 Å². The molecule has 1 aliphatic rings. The Balaban J connectivity index is 2.34. The normalized spacial score (nSPS) is 17.4. The minimum Gasteiger partial charge on any atom is -0.481 e. The second-order valence-electron chi connectivity index (χ2n) is 4.48. The van der Waals surface area contributed by atoms with Gasteiger partial charge in [0.25, 0.3) is 0 Å². The van der Waals surface area contributed by atoms with Crippen molar-refractivity contribution in [3.63, 3.8) is 0 Å². The van der Waals surface area contributed by atoms with E-state index in [0.29, 0.717) is 25.8 Å². The molecule has 0 radical (unpaired) electrons. The zero-order chi connectivity index (χ0) is 12.7. The summed E-state index contributed by atoms with van der Waals surface area (Å²) in [5.74, 6) is -0.804. The number of urea groups is 1. The van der Waals surface area contributed by atoms with E-state index in [1.54, 1.807) is 6.08 Å². The van der Waals surface area contributed by atoms with Crippen LogP contribution in [0.3, 0.4) is 0 Å². The van der Waals surface area contributed by atoms with E-state index in [4.69, 9.17) is 0 Å². The molecule has 1 rings (SSSR count). The van der Waals surface area contributed by atoms with E-state index in [1.165, 1.54) is 0 Å². The van der Waals surface area contributed by atoms with Crippen molar-refractivity contribution >= 4 is 12.0 Å². The predicted molar refractivity (Wildman–Crippen MR) is 64.8 cm³/mol. The first kappa shape index (κ1) is 13.5. The van der Waals surface area contributed by atoms with Crippen LogP contribution in [0.25, 0.3) is 0 Å². The molecule has 0 saturated heterocycles. The van der Waals surface area contributed by atoms with Crippen molar-refractivity contribution in [1.29, 1.82) is 0 Å². The molecule has 0 aromatic rings. The van der Waals surface area contributed by atoms with Crippen molar-refractivity contribution < 1.29 is 14.7 Å². The highest BCUT2D eigenvalue weighted by Gasteiger charge is 2.41. The van der Waals surface area contributed by atoms with E-state index >= 15 is 0 Å². The van der Waals surface area contributed by atoms with Crippen LogP contribution in [-0.4, -0.2) is 30.2 Å². The van der Waals surface area contributed by atoms with E-state index in [9.17, 15) is 14.7 Å². The third kappa shape index (κ3) is 3.76. The molecule has 96 valence electrons. The topological polar surface area (TPSA) is 78.4 Å². The molecule has 17 heavy (non-hydrogen) atoms. The number of carboxylic acids is 1. The first-order chi connectivity index (χ1) is 8.10. The van der Waals surface area contributed by atoms with Crippen molar-refractivity contribution in [2.24, 2.45) is 5.41 Å². The Kier molecular flexibility index (Phi) is 5.00. The van der Waals surface area contributed by atoms with Crippen LogP contribution in [0.15, 0.2) is 12.7 Å². The molecule has 0 aromatic carbocycles. The first-order valence-corrected chi connectivity index (χ1v) is 5.97. The average molecular weight is 240 g/mol. The molecule has 0 spiro atoms. The summed E-state index contributed by atoms with van der Waals surface area (Å²) >= 11 is 0. The fourth-order valence-corrected chi connectivity index (χ4v) is 2.12. The Bertz CT molecular complexity index is 296. The molecular formula is C12H20N2O3. The van der Waals surface area contributed by atoms with Crippen LogP contribution in [-0.2, 0) is 4.79 Å². The summed E-state index contributed by atoms with van der Waals surface area (Å²) < 4.78 is 0. The molecule has 3 N–H and O–H groups in total. The Morgan fingerprint density at radius 1 is 1.29 bits per heavy atom. The average Bonchev–Trinajstić information content (AvgIpc) is 2.77. The molecule has 1 aliphatic carbocycles. The van der Waals surface area contributed by atoms with Gasteiger partial charge in [0.05, 0.1) is 5.41 Å². The van der Waals surface area contributed by atoms with Crippen LogP contribution >= 0.6 is 0 Å². The number of carboxylic acid groups (broad SMARTS) is 1. The van der Waals surface area contributed by atoms with Crippen molar-refractivity contribution in [3.8, 4) is 0 Å². The second-order valence-corrected chi connectivity index (χ2v) is 4.48. The molecule has 0 unspecified atom stereocenters. The summed E-state index contributed by atoms with van der Waals surface area (Å²) in [5, 5.41) is 14.5. The number of carbonyl (C=O) groups excluding carboxylic acids is 1. The maximum absolute atomic E-state index is 11.4. The van der Waals surface area contributed by atoms with E-state index in [1.807, 2.05) is 0 Å². The van der Waals surface area contributed by atoms with Gasteiger partial charge in [-0.25, -0.2) is 4.79 Å². The highest BCUT2D eigenvalue weighted by molar-refractivity contribution is 5.78. The standard InChI is InChI=1S/C12H20N2O3/c1-2-3-8-13-11(17)14-9-12(10(15)16)6-4-5-7-12/h2H,1,3-9H2,(H,15,16)(H2,13,14,17). The Morgan fingerprint density at radius 2 is 1.94 bits per heavy atom. The van der Waals surface area contributed by atoms with Gasteiger partial charge in [-0.15, -0.1) is 6.58 Å². The Labute approximate surface area is 101 Å². The number of amides is 2. The van der Waals surface area contributed by atoms with E-state index in [0.717, 1.165) is 12.8 Å². The van der Waals surface area contributed by atoms with Gasteiger partial charge < -0.3 is 15.7 Å². The van der Waals surface area contributed by atoms with Gasteiger partial charge in [-0.1, -0.05) is 18.9 Å². The zero-order valence-electron chi connectivity index (χ0n) is 10.00.